The molecular weight excluding hydrogens is 889 g/mol. The van der Waals surface area contributed by atoms with Crippen molar-refractivity contribution in [2.24, 2.45) is 0 Å². The number of unbranched alkanes of at least 4 members (excludes halogenated alkanes) is 27. The minimum absolute atomic E-state index is 0.0823. The second-order valence-electron chi connectivity index (χ2n) is 19.9. The van der Waals surface area contributed by atoms with Gasteiger partial charge < -0.3 is 14.2 Å². The highest BCUT2D eigenvalue weighted by atomic mass is 16.6. The second kappa shape index (κ2) is 59.9. The molecule has 0 spiro atoms. The zero-order chi connectivity index (χ0) is 52.2. The molecule has 0 aromatic rings. The van der Waals surface area contributed by atoms with E-state index in [4.69, 9.17) is 14.2 Å². The number of ether oxygens (including phenoxy) is 3. The third-order valence-corrected chi connectivity index (χ3v) is 12.8. The summed E-state index contributed by atoms with van der Waals surface area (Å²) in [6.07, 6.45) is 79.7. The zero-order valence-corrected chi connectivity index (χ0v) is 47.2. The molecule has 0 rings (SSSR count). The van der Waals surface area contributed by atoms with E-state index in [1.54, 1.807) is 0 Å². The van der Waals surface area contributed by atoms with Crippen LogP contribution in [0.25, 0.3) is 0 Å². The van der Waals surface area contributed by atoms with Crippen LogP contribution in [0.5, 0.6) is 0 Å². The molecule has 72 heavy (non-hydrogen) atoms. The lowest BCUT2D eigenvalue weighted by Crippen LogP contribution is -2.30. The average Bonchev–Trinajstić information content (AvgIpc) is 3.38. The van der Waals surface area contributed by atoms with Gasteiger partial charge in [0.15, 0.2) is 6.10 Å². The van der Waals surface area contributed by atoms with Crippen LogP contribution >= 0.6 is 0 Å². The van der Waals surface area contributed by atoms with Crippen molar-refractivity contribution in [1.82, 2.24) is 0 Å². The first-order valence-electron chi connectivity index (χ1n) is 30.2. The Kier molecular flexibility index (Phi) is 56.8. The van der Waals surface area contributed by atoms with Crippen LogP contribution in [0.1, 0.15) is 284 Å². The molecule has 412 valence electrons. The Balaban J connectivity index is 4.32. The Morgan fingerprint density at radius 3 is 0.875 bits per heavy atom. The van der Waals surface area contributed by atoms with Crippen molar-refractivity contribution in [3.05, 3.63) is 97.2 Å². The summed E-state index contributed by atoms with van der Waals surface area (Å²) in [6, 6.07) is 0. The summed E-state index contributed by atoms with van der Waals surface area (Å²) in [6.45, 7) is 6.49. The molecule has 0 saturated heterocycles. The molecule has 0 amide bonds. The fraction of sp³-hybridized carbons (Fsp3) is 0.712. The quantitative estimate of drug-likeness (QED) is 0.0261. The third-order valence-electron chi connectivity index (χ3n) is 12.8. The number of rotatable bonds is 54. The smallest absolute Gasteiger partial charge is 0.306 e. The van der Waals surface area contributed by atoms with Gasteiger partial charge in [0.1, 0.15) is 13.2 Å². The van der Waals surface area contributed by atoms with E-state index in [1.807, 2.05) is 0 Å². The predicted octanol–water partition coefficient (Wildman–Crippen LogP) is 20.5. The maximum absolute atomic E-state index is 12.9. The Hall–Kier alpha value is -3.67. The Morgan fingerprint density at radius 1 is 0.292 bits per heavy atom. The van der Waals surface area contributed by atoms with Crippen molar-refractivity contribution in [1.29, 1.82) is 0 Å². The summed E-state index contributed by atoms with van der Waals surface area (Å²) in [5.41, 5.74) is 0. The van der Waals surface area contributed by atoms with Crippen LogP contribution in [0.3, 0.4) is 0 Å². The van der Waals surface area contributed by atoms with E-state index in [2.05, 4.69) is 118 Å². The first-order valence-corrected chi connectivity index (χ1v) is 30.2. The molecule has 0 saturated carbocycles. The van der Waals surface area contributed by atoms with Crippen LogP contribution in [0, 0.1) is 0 Å². The first-order chi connectivity index (χ1) is 35.5. The molecule has 0 aliphatic carbocycles. The van der Waals surface area contributed by atoms with Crippen molar-refractivity contribution in [3.63, 3.8) is 0 Å². The topological polar surface area (TPSA) is 78.9 Å². The lowest BCUT2D eigenvalue weighted by molar-refractivity contribution is -0.167. The van der Waals surface area contributed by atoms with Gasteiger partial charge in [-0.3, -0.25) is 14.4 Å². The van der Waals surface area contributed by atoms with Gasteiger partial charge in [0.2, 0.25) is 0 Å². The summed E-state index contributed by atoms with van der Waals surface area (Å²) < 4.78 is 16.9. The van der Waals surface area contributed by atoms with Gasteiger partial charge in [-0.1, -0.05) is 259 Å². The van der Waals surface area contributed by atoms with Gasteiger partial charge in [0.25, 0.3) is 0 Å². The van der Waals surface area contributed by atoms with E-state index in [0.717, 1.165) is 116 Å². The van der Waals surface area contributed by atoms with Crippen LogP contribution < -0.4 is 0 Å². The average molecular weight is 1000 g/mol. The molecular formula is C66H112O6. The highest BCUT2D eigenvalue weighted by Crippen LogP contribution is 2.15. The second-order valence-corrected chi connectivity index (χ2v) is 19.9. The minimum atomic E-state index is -0.785. The summed E-state index contributed by atoms with van der Waals surface area (Å²) in [7, 11) is 0. The Morgan fingerprint density at radius 2 is 0.542 bits per heavy atom. The van der Waals surface area contributed by atoms with Crippen LogP contribution in [-0.4, -0.2) is 37.2 Å². The van der Waals surface area contributed by atoms with Crippen LogP contribution in [0.2, 0.25) is 0 Å². The van der Waals surface area contributed by atoms with Crippen molar-refractivity contribution < 1.29 is 28.6 Å². The molecule has 6 nitrogen and oxygen atoms in total. The monoisotopic (exact) mass is 1000 g/mol. The van der Waals surface area contributed by atoms with E-state index in [9.17, 15) is 14.4 Å². The molecule has 0 N–H and O–H groups in total. The zero-order valence-electron chi connectivity index (χ0n) is 47.2. The normalized spacial score (nSPS) is 12.8. The van der Waals surface area contributed by atoms with E-state index in [-0.39, 0.29) is 31.1 Å². The highest BCUT2D eigenvalue weighted by Gasteiger charge is 2.19. The predicted molar refractivity (Wildman–Crippen MR) is 311 cm³/mol. The van der Waals surface area contributed by atoms with E-state index in [0.29, 0.717) is 19.3 Å². The first kappa shape index (κ1) is 68.3. The number of carbonyl (C=O) groups is 3. The molecule has 0 aliphatic rings. The lowest BCUT2D eigenvalue weighted by atomic mass is 10.1. The lowest BCUT2D eigenvalue weighted by Gasteiger charge is -2.18. The van der Waals surface area contributed by atoms with E-state index >= 15 is 0 Å². The number of hydrogen-bond acceptors (Lipinski definition) is 6. The van der Waals surface area contributed by atoms with Crippen molar-refractivity contribution in [3.8, 4) is 0 Å². The van der Waals surface area contributed by atoms with Crippen LogP contribution in [-0.2, 0) is 28.6 Å². The van der Waals surface area contributed by atoms with Gasteiger partial charge in [0, 0.05) is 19.3 Å². The molecule has 0 aliphatic heterocycles. The van der Waals surface area contributed by atoms with Crippen molar-refractivity contribution >= 4 is 17.9 Å². The summed E-state index contributed by atoms with van der Waals surface area (Å²) >= 11 is 0. The molecule has 0 fully saturated rings. The van der Waals surface area contributed by atoms with Gasteiger partial charge in [-0.25, -0.2) is 0 Å². The maximum Gasteiger partial charge on any atom is 0.306 e. The fourth-order valence-electron chi connectivity index (χ4n) is 8.30. The summed E-state index contributed by atoms with van der Waals surface area (Å²) in [5.74, 6) is -0.897. The van der Waals surface area contributed by atoms with Gasteiger partial charge in [0.05, 0.1) is 0 Å². The maximum atomic E-state index is 12.9. The number of allylic oxidation sites excluding steroid dienone is 16. The molecule has 0 heterocycles. The number of esters is 3. The molecule has 1 atom stereocenters. The van der Waals surface area contributed by atoms with E-state index in [1.165, 1.54) is 128 Å². The van der Waals surface area contributed by atoms with E-state index < -0.39 is 6.10 Å². The van der Waals surface area contributed by atoms with Crippen LogP contribution in [0.15, 0.2) is 97.2 Å². The molecule has 0 radical (unpaired) electrons. The standard InChI is InChI=1S/C66H112O6/c1-4-7-10-13-16-19-22-24-26-28-30-31-32-33-34-35-37-38-40-42-44-47-50-53-56-59-65(68)71-62-63(61-70-64(67)58-55-52-49-46-21-18-15-12-9-6-3)72-66(69)60-57-54-51-48-45-43-41-39-36-29-27-25-23-20-17-14-11-8-5-2/h7,10,16-17,19-20,24-27,30-31,33-34,37-38,63H,4-6,8-9,11-15,18,21-23,28-29,32,35-36,39-62H2,1-3H3/b10-7-,19-16-,20-17-,26-24-,27-25-,31-30-,34-33-,38-37-. The summed E-state index contributed by atoms with van der Waals surface area (Å²) in [4.78, 5) is 38.2. The largest absolute Gasteiger partial charge is 0.462 e. The van der Waals surface area contributed by atoms with Crippen LogP contribution in [0.4, 0.5) is 0 Å². The molecule has 6 heteroatoms. The highest BCUT2D eigenvalue weighted by molar-refractivity contribution is 5.71. The molecule has 0 aromatic carbocycles. The van der Waals surface area contributed by atoms with Gasteiger partial charge in [-0.05, 0) is 103 Å². The van der Waals surface area contributed by atoms with Crippen molar-refractivity contribution in [2.75, 3.05) is 13.2 Å². The van der Waals surface area contributed by atoms with Gasteiger partial charge in [-0.2, -0.15) is 0 Å². The third kappa shape index (κ3) is 57.2. The van der Waals surface area contributed by atoms with Gasteiger partial charge >= 0.3 is 17.9 Å². The molecule has 0 aromatic heterocycles. The molecule has 1 unspecified atom stereocenters. The summed E-state index contributed by atoms with van der Waals surface area (Å²) in [5, 5.41) is 0. The van der Waals surface area contributed by atoms with Gasteiger partial charge in [-0.15, -0.1) is 0 Å². The Labute approximate surface area is 445 Å². The SMILES string of the molecule is CC/C=C\C/C=C\C/C=C\C/C=C\C/C=C\C/C=C\CCCCCCCCC(=O)OCC(COC(=O)CCCCCCCCCCCC)OC(=O)CCCCCCCCCCC/C=C\C/C=C\CCCCC. The molecule has 0 bridgehead atoms. The number of carbonyl (C=O) groups excluding carboxylic acids is 3. The Bertz CT molecular complexity index is 1430. The minimum Gasteiger partial charge on any atom is -0.462 e. The van der Waals surface area contributed by atoms with Crippen molar-refractivity contribution in [2.45, 2.75) is 290 Å². The fourth-order valence-corrected chi connectivity index (χ4v) is 8.30. The number of hydrogen-bond donors (Lipinski definition) is 0.